The van der Waals surface area contributed by atoms with Gasteiger partial charge in [0, 0.05) is 11.8 Å². The van der Waals surface area contributed by atoms with Crippen LogP contribution in [0.3, 0.4) is 0 Å². The van der Waals surface area contributed by atoms with Crippen molar-refractivity contribution in [2.24, 2.45) is 0 Å². The molecule has 4 bridgehead atoms. The minimum absolute atomic E-state index is 1.04. The molecule has 2 aromatic carbocycles. The highest BCUT2D eigenvalue weighted by atomic mass is 14.7. The SMILES string of the molecule is CCc1ccc(-c2cc3ccc2CCc2ccc(cc2)CC3)nc1. The second-order valence-electron chi connectivity index (χ2n) is 6.71. The lowest BCUT2D eigenvalue weighted by molar-refractivity contribution is 0.922. The first-order valence-electron chi connectivity index (χ1n) is 8.97. The summed E-state index contributed by atoms with van der Waals surface area (Å²) >= 11 is 0. The number of aromatic nitrogens is 1. The Morgan fingerprint density at radius 2 is 1.42 bits per heavy atom. The molecule has 1 heteroatoms. The highest BCUT2D eigenvalue weighted by Gasteiger charge is 2.10. The number of hydrogen-bond donors (Lipinski definition) is 0. The fraction of sp³-hybridized carbons (Fsp3) is 0.261. The molecule has 1 aromatic heterocycles. The van der Waals surface area contributed by atoms with Gasteiger partial charge in [-0.15, -0.1) is 0 Å². The van der Waals surface area contributed by atoms with Crippen LogP contribution in [0.1, 0.15) is 34.7 Å². The van der Waals surface area contributed by atoms with E-state index in [1.165, 1.54) is 33.4 Å². The Balaban J connectivity index is 1.75. The summed E-state index contributed by atoms with van der Waals surface area (Å²) in [5, 5.41) is 0. The Hall–Kier alpha value is -2.41. The van der Waals surface area contributed by atoms with E-state index in [0.717, 1.165) is 37.8 Å². The summed E-state index contributed by atoms with van der Waals surface area (Å²) in [6.07, 6.45) is 7.38. The topological polar surface area (TPSA) is 12.9 Å². The van der Waals surface area contributed by atoms with Gasteiger partial charge in [0.05, 0.1) is 5.69 Å². The molecule has 0 radical (unpaired) electrons. The highest BCUT2D eigenvalue weighted by Crippen LogP contribution is 2.26. The fourth-order valence-electron chi connectivity index (χ4n) is 3.47. The van der Waals surface area contributed by atoms with E-state index in [1.807, 2.05) is 6.20 Å². The van der Waals surface area contributed by atoms with Gasteiger partial charge in [0.15, 0.2) is 0 Å². The first-order valence-corrected chi connectivity index (χ1v) is 8.97. The van der Waals surface area contributed by atoms with Crippen LogP contribution >= 0.6 is 0 Å². The fourth-order valence-corrected chi connectivity index (χ4v) is 3.47. The Labute approximate surface area is 144 Å². The van der Waals surface area contributed by atoms with Crippen LogP contribution in [-0.4, -0.2) is 4.98 Å². The summed E-state index contributed by atoms with van der Waals surface area (Å²) in [7, 11) is 0. The molecule has 0 N–H and O–H groups in total. The van der Waals surface area contributed by atoms with Gasteiger partial charge in [-0.3, -0.25) is 4.98 Å². The minimum atomic E-state index is 1.04. The smallest absolute Gasteiger partial charge is 0.0705 e. The van der Waals surface area contributed by atoms with Crippen molar-refractivity contribution in [3.8, 4) is 11.3 Å². The van der Waals surface area contributed by atoms with Crippen molar-refractivity contribution in [3.05, 3.63) is 88.6 Å². The average Bonchev–Trinajstić information content (AvgIpc) is 2.64. The van der Waals surface area contributed by atoms with E-state index in [2.05, 4.69) is 61.5 Å². The van der Waals surface area contributed by atoms with E-state index in [0.29, 0.717) is 0 Å². The van der Waals surface area contributed by atoms with Gasteiger partial charge < -0.3 is 0 Å². The molecule has 7 rings (SSSR count). The Morgan fingerprint density at radius 1 is 0.750 bits per heavy atom. The van der Waals surface area contributed by atoms with Crippen LogP contribution < -0.4 is 0 Å². The molecule has 3 aromatic rings. The van der Waals surface area contributed by atoms with Gasteiger partial charge in [-0.25, -0.2) is 0 Å². The van der Waals surface area contributed by atoms with Crippen LogP contribution in [0, 0.1) is 0 Å². The lowest BCUT2D eigenvalue weighted by Crippen LogP contribution is -2.01. The zero-order valence-corrected chi connectivity index (χ0v) is 14.3. The van der Waals surface area contributed by atoms with Crippen molar-refractivity contribution < 1.29 is 0 Å². The molecular weight excluding hydrogens is 290 g/mol. The van der Waals surface area contributed by atoms with E-state index in [4.69, 9.17) is 4.98 Å². The first-order chi connectivity index (χ1) is 11.8. The van der Waals surface area contributed by atoms with Crippen molar-refractivity contribution in [2.75, 3.05) is 0 Å². The largest absolute Gasteiger partial charge is 0.256 e. The summed E-state index contributed by atoms with van der Waals surface area (Å²) in [6, 6.07) is 20.5. The maximum atomic E-state index is 4.73. The van der Waals surface area contributed by atoms with Gasteiger partial charge in [0.2, 0.25) is 0 Å². The molecule has 0 saturated heterocycles. The maximum absolute atomic E-state index is 4.73. The Kier molecular flexibility index (Phi) is 4.17. The number of pyridine rings is 1. The van der Waals surface area contributed by atoms with Gasteiger partial charge in [0.25, 0.3) is 0 Å². The molecule has 24 heavy (non-hydrogen) atoms. The van der Waals surface area contributed by atoms with E-state index in [-0.39, 0.29) is 0 Å². The molecular formula is C23H23N. The van der Waals surface area contributed by atoms with Crippen molar-refractivity contribution in [1.82, 2.24) is 4.98 Å². The third-order valence-electron chi connectivity index (χ3n) is 5.09. The summed E-state index contributed by atoms with van der Waals surface area (Å²) < 4.78 is 0. The van der Waals surface area contributed by atoms with Gasteiger partial charge in [-0.1, -0.05) is 49.4 Å². The number of aryl methyl sites for hydroxylation is 5. The number of rotatable bonds is 2. The highest BCUT2D eigenvalue weighted by molar-refractivity contribution is 5.65. The second kappa shape index (κ2) is 6.60. The number of benzene rings is 2. The van der Waals surface area contributed by atoms with E-state index < -0.39 is 0 Å². The van der Waals surface area contributed by atoms with E-state index in [1.54, 1.807) is 0 Å². The van der Waals surface area contributed by atoms with Crippen molar-refractivity contribution in [1.29, 1.82) is 0 Å². The Bertz CT molecular complexity index is 829. The standard InChI is InChI=1S/C23H23N/c1-2-17-11-14-23(24-16-17)22-15-20-8-7-18-3-5-19(6-4-18)9-12-21(22)13-10-20/h3-6,10-11,13-16H,2,7-9,12H2,1H3. The monoisotopic (exact) mass is 313 g/mol. The average molecular weight is 313 g/mol. The third-order valence-corrected chi connectivity index (χ3v) is 5.09. The molecule has 0 amide bonds. The molecule has 0 aliphatic heterocycles. The first kappa shape index (κ1) is 15.1. The van der Waals surface area contributed by atoms with Crippen molar-refractivity contribution in [3.63, 3.8) is 0 Å². The molecule has 0 fully saturated rings. The van der Waals surface area contributed by atoms with Crippen molar-refractivity contribution >= 4 is 0 Å². The molecule has 1 heterocycles. The lowest BCUT2D eigenvalue weighted by Gasteiger charge is -2.14. The lowest BCUT2D eigenvalue weighted by atomic mass is 9.92. The molecule has 0 spiro atoms. The predicted octanol–water partition coefficient (Wildman–Crippen LogP) is 5.19. The quantitative estimate of drug-likeness (QED) is 0.634. The molecule has 0 saturated carbocycles. The number of hydrogen-bond acceptors (Lipinski definition) is 1. The molecule has 1 nitrogen and oxygen atoms in total. The van der Waals surface area contributed by atoms with E-state index >= 15 is 0 Å². The number of nitrogens with zero attached hydrogens (tertiary/aromatic N) is 1. The zero-order valence-electron chi connectivity index (χ0n) is 14.3. The van der Waals surface area contributed by atoms with Gasteiger partial charge in [0.1, 0.15) is 0 Å². The normalized spacial score (nSPS) is 13.5. The van der Waals surface area contributed by atoms with Crippen LogP contribution in [0.5, 0.6) is 0 Å². The molecule has 4 aliphatic rings. The minimum Gasteiger partial charge on any atom is -0.256 e. The van der Waals surface area contributed by atoms with Crippen LogP contribution in [-0.2, 0) is 32.1 Å². The molecule has 0 unspecified atom stereocenters. The molecule has 0 atom stereocenters. The summed E-state index contributed by atoms with van der Waals surface area (Å²) in [5.74, 6) is 0. The zero-order chi connectivity index (χ0) is 16.4. The van der Waals surface area contributed by atoms with Gasteiger partial charge in [-0.05, 0) is 72.1 Å². The van der Waals surface area contributed by atoms with Crippen molar-refractivity contribution in [2.45, 2.75) is 39.0 Å². The summed E-state index contributed by atoms with van der Waals surface area (Å²) in [6.45, 7) is 2.17. The predicted molar refractivity (Wildman–Crippen MR) is 100 cm³/mol. The molecule has 4 aliphatic carbocycles. The Morgan fingerprint density at radius 3 is 2.08 bits per heavy atom. The third kappa shape index (κ3) is 3.12. The summed E-state index contributed by atoms with van der Waals surface area (Å²) in [5.41, 5.74) is 9.37. The summed E-state index contributed by atoms with van der Waals surface area (Å²) in [4.78, 5) is 4.73. The van der Waals surface area contributed by atoms with E-state index in [9.17, 15) is 0 Å². The van der Waals surface area contributed by atoms with Crippen LogP contribution in [0.25, 0.3) is 11.3 Å². The maximum Gasteiger partial charge on any atom is 0.0705 e. The van der Waals surface area contributed by atoms with Crippen LogP contribution in [0.4, 0.5) is 0 Å². The van der Waals surface area contributed by atoms with Gasteiger partial charge in [-0.2, -0.15) is 0 Å². The molecule has 120 valence electrons. The second-order valence-corrected chi connectivity index (χ2v) is 6.71. The van der Waals surface area contributed by atoms with Crippen LogP contribution in [0.2, 0.25) is 0 Å². The van der Waals surface area contributed by atoms with Gasteiger partial charge >= 0.3 is 0 Å². The van der Waals surface area contributed by atoms with Crippen LogP contribution in [0.15, 0.2) is 60.8 Å².